The molecule has 0 aromatic carbocycles. The number of hydrogen-bond donors (Lipinski definition) is 1. The lowest BCUT2D eigenvalue weighted by molar-refractivity contribution is 0.0347. The standard InChI is InChI=1S/C15H26N2/c1-6-15(4,5)17-10-13(12-7-8-12)16-9-14(17)11(2)3/h1,11-14,16H,7-10H2,2-5H3. The van der Waals surface area contributed by atoms with Crippen molar-refractivity contribution < 1.29 is 0 Å². The molecule has 2 atom stereocenters. The first-order valence-corrected chi connectivity index (χ1v) is 6.93. The van der Waals surface area contributed by atoms with Crippen molar-refractivity contribution in [2.24, 2.45) is 11.8 Å². The summed E-state index contributed by atoms with van der Waals surface area (Å²) in [4.78, 5) is 2.55. The van der Waals surface area contributed by atoms with E-state index in [1.807, 2.05) is 0 Å². The van der Waals surface area contributed by atoms with Crippen LogP contribution in [0, 0.1) is 24.2 Å². The Kier molecular flexibility index (Phi) is 3.52. The van der Waals surface area contributed by atoms with Gasteiger partial charge in [0.2, 0.25) is 0 Å². The average molecular weight is 234 g/mol. The molecule has 96 valence electrons. The summed E-state index contributed by atoms with van der Waals surface area (Å²) < 4.78 is 0. The normalized spacial score (nSPS) is 31.5. The molecule has 2 aliphatic rings. The van der Waals surface area contributed by atoms with Crippen LogP contribution in [-0.4, -0.2) is 35.6 Å². The molecule has 1 saturated carbocycles. The van der Waals surface area contributed by atoms with Crippen molar-refractivity contribution in [3.8, 4) is 12.3 Å². The molecule has 1 aliphatic heterocycles. The molecule has 0 bridgehead atoms. The summed E-state index contributed by atoms with van der Waals surface area (Å²) >= 11 is 0. The SMILES string of the molecule is C#CC(C)(C)N1CC(C2CC2)NCC1C(C)C. The van der Waals surface area contributed by atoms with Crippen LogP contribution in [0.3, 0.4) is 0 Å². The number of rotatable bonds is 3. The Morgan fingerprint density at radius 2 is 2.00 bits per heavy atom. The quantitative estimate of drug-likeness (QED) is 0.752. The van der Waals surface area contributed by atoms with Gasteiger partial charge < -0.3 is 5.32 Å². The lowest BCUT2D eigenvalue weighted by Crippen LogP contribution is -2.64. The van der Waals surface area contributed by atoms with Gasteiger partial charge in [0, 0.05) is 25.2 Å². The number of terminal acetylenes is 1. The van der Waals surface area contributed by atoms with Gasteiger partial charge >= 0.3 is 0 Å². The van der Waals surface area contributed by atoms with Crippen molar-refractivity contribution in [2.75, 3.05) is 13.1 Å². The van der Waals surface area contributed by atoms with Crippen LogP contribution in [0.4, 0.5) is 0 Å². The summed E-state index contributed by atoms with van der Waals surface area (Å²) in [5, 5.41) is 3.73. The van der Waals surface area contributed by atoms with E-state index in [1.165, 1.54) is 12.8 Å². The second-order valence-electron chi connectivity index (χ2n) is 6.52. The Bertz CT molecular complexity index is 309. The number of nitrogens with one attached hydrogen (secondary N) is 1. The van der Waals surface area contributed by atoms with E-state index < -0.39 is 0 Å². The number of piperazine rings is 1. The zero-order valence-corrected chi connectivity index (χ0v) is 11.7. The van der Waals surface area contributed by atoms with Crippen molar-refractivity contribution >= 4 is 0 Å². The van der Waals surface area contributed by atoms with Gasteiger partial charge in [-0.25, -0.2) is 0 Å². The van der Waals surface area contributed by atoms with Gasteiger partial charge in [0.25, 0.3) is 0 Å². The lowest BCUT2D eigenvalue weighted by atomic mass is 9.90. The minimum absolute atomic E-state index is 0.121. The van der Waals surface area contributed by atoms with Gasteiger partial charge in [-0.1, -0.05) is 19.8 Å². The van der Waals surface area contributed by atoms with Gasteiger partial charge in [-0.05, 0) is 38.5 Å². The molecule has 2 rings (SSSR count). The maximum Gasteiger partial charge on any atom is 0.0769 e. The smallest absolute Gasteiger partial charge is 0.0769 e. The summed E-state index contributed by atoms with van der Waals surface area (Å²) in [6.07, 6.45) is 8.52. The van der Waals surface area contributed by atoms with E-state index in [0.29, 0.717) is 18.0 Å². The summed E-state index contributed by atoms with van der Waals surface area (Å²) in [6, 6.07) is 1.23. The third-order valence-electron chi connectivity index (χ3n) is 4.41. The van der Waals surface area contributed by atoms with E-state index in [4.69, 9.17) is 6.42 Å². The first-order chi connectivity index (χ1) is 7.95. The molecule has 2 heteroatoms. The minimum atomic E-state index is -0.121. The Morgan fingerprint density at radius 1 is 1.35 bits per heavy atom. The van der Waals surface area contributed by atoms with E-state index in [9.17, 15) is 0 Å². The molecular formula is C15H26N2. The van der Waals surface area contributed by atoms with Crippen LogP contribution in [0.25, 0.3) is 0 Å². The molecule has 0 aromatic rings. The van der Waals surface area contributed by atoms with Crippen LogP contribution in [-0.2, 0) is 0 Å². The summed E-state index contributed by atoms with van der Waals surface area (Å²) in [5.41, 5.74) is -0.121. The average Bonchev–Trinajstić information content (AvgIpc) is 3.12. The lowest BCUT2D eigenvalue weighted by Gasteiger charge is -2.48. The second-order valence-corrected chi connectivity index (χ2v) is 6.52. The van der Waals surface area contributed by atoms with E-state index in [2.05, 4.69) is 43.8 Å². The summed E-state index contributed by atoms with van der Waals surface area (Å²) in [6.45, 7) is 11.1. The number of hydrogen-bond acceptors (Lipinski definition) is 2. The van der Waals surface area contributed by atoms with Crippen LogP contribution in [0.1, 0.15) is 40.5 Å². The van der Waals surface area contributed by atoms with Crippen molar-refractivity contribution in [2.45, 2.75) is 58.2 Å². The molecule has 1 aliphatic carbocycles. The highest BCUT2D eigenvalue weighted by Gasteiger charge is 2.42. The molecule has 2 nitrogen and oxygen atoms in total. The first-order valence-electron chi connectivity index (χ1n) is 6.93. The minimum Gasteiger partial charge on any atom is -0.311 e. The van der Waals surface area contributed by atoms with Gasteiger partial charge in [0.15, 0.2) is 0 Å². The van der Waals surface area contributed by atoms with Gasteiger partial charge in [0.1, 0.15) is 0 Å². The Hall–Kier alpha value is -0.520. The molecule has 0 spiro atoms. The van der Waals surface area contributed by atoms with Crippen LogP contribution in [0.15, 0.2) is 0 Å². The van der Waals surface area contributed by atoms with E-state index in [-0.39, 0.29) is 5.54 Å². The maximum atomic E-state index is 5.72. The predicted molar refractivity (Wildman–Crippen MR) is 72.8 cm³/mol. The molecular weight excluding hydrogens is 208 g/mol. The van der Waals surface area contributed by atoms with E-state index in [0.717, 1.165) is 19.0 Å². The molecule has 0 radical (unpaired) electrons. The Morgan fingerprint density at radius 3 is 2.47 bits per heavy atom. The highest BCUT2D eigenvalue weighted by molar-refractivity contribution is 5.12. The zero-order valence-electron chi connectivity index (χ0n) is 11.7. The molecule has 2 unspecified atom stereocenters. The van der Waals surface area contributed by atoms with Gasteiger partial charge in [-0.15, -0.1) is 6.42 Å². The zero-order chi connectivity index (χ0) is 12.6. The van der Waals surface area contributed by atoms with Gasteiger partial charge in [0.05, 0.1) is 5.54 Å². The fourth-order valence-electron chi connectivity index (χ4n) is 2.93. The van der Waals surface area contributed by atoms with E-state index >= 15 is 0 Å². The topological polar surface area (TPSA) is 15.3 Å². The Balaban J connectivity index is 2.12. The van der Waals surface area contributed by atoms with Crippen LogP contribution in [0.2, 0.25) is 0 Å². The van der Waals surface area contributed by atoms with Gasteiger partial charge in [-0.3, -0.25) is 4.90 Å². The monoisotopic (exact) mass is 234 g/mol. The van der Waals surface area contributed by atoms with Crippen LogP contribution < -0.4 is 5.32 Å². The predicted octanol–water partition coefficient (Wildman–Crippen LogP) is 2.11. The third-order valence-corrected chi connectivity index (χ3v) is 4.41. The molecule has 0 aromatic heterocycles. The largest absolute Gasteiger partial charge is 0.311 e. The molecule has 2 fully saturated rings. The van der Waals surface area contributed by atoms with Crippen molar-refractivity contribution in [1.82, 2.24) is 10.2 Å². The second kappa shape index (κ2) is 4.63. The van der Waals surface area contributed by atoms with Crippen molar-refractivity contribution in [1.29, 1.82) is 0 Å². The van der Waals surface area contributed by atoms with E-state index in [1.54, 1.807) is 0 Å². The Labute approximate surface area is 106 Å². The summed E-state index contributed by atoms with van der Waals surface area (Å²) in [5.74, 6) is 4.52. The molecule has 0 amide bonds. The van der Waals surface area contributed by atoms with Crippen molar-refractivity contribution in [3.05, 3.63) is 0 Å². The van der Waals surface area contributed by atoms with Crippen LogP contribution in [0.5, 0.6) is 0 Å². The number of nitrogens with zero attached hydrogens (tertiary/aromatic N) is 1. The summed E-state index contributed by atoms with van der Waals surface area (Å²) in [7, 11) is 0. The van der Waals surface area contributed by atoms with Crippen LogP contribution >= 0.6 is 0 Å². The molecule has 1 heterocycles. The highest BCUT2D eigenvalue weighted by Crippen LogP contribution is 2.36. The molecule has 1 saturated heterocycles. The molecule has 1 N–H and O–H groups in total. The fraction of sp³-hybridized carbons (Fsp3) is 0.867. The third kappa shape index (κ3) is 2.67. The maximum absolute atomic E-state index is 5.72. The highest BCUT2D eigenvalue weighted by atomic mass is 15.3. The molecule has 17 heavy (non-hydrogen) atoms. The first kappa shape index (κ1) is 12.9. The van der Waals surface area contributed by atoms with Crippen molar-refractivity contribution in [3.63, 3.8) is 0 Å². The fourth-order valence-corrected chi connectivity index (χ4v) is 2.93. The van der Waals surface area contributed by atoms with Gasteiger partial charge in [-0.2, -0.15) is 0 Å².